The summed E-state index contributed by atoms with van der Waals surface area (Å²) in [5.41, 5.74) is 0. The molecule has 466 valence electrons. The summed E-state index contributed by atoms with van der Waals surface area (Å²) in [4.78, 5) is 38.3. The third kappa shape index (κ3) is 66.4. The van der Waals surface area contributed by atoms with Gasteiger partial charge in [0.1, 0.15) is 13.2 Å². The molecule has 0 saturated carbocycles. The van der Waals surface area contributed by atoms with E-state index in [0.717, 1.165) is 141 Å². The van der Waals surface area contributed by atoms with E-state index in [0.29, 0.717) is 19.3 Å². The summed E-state index contributed by atoms with van der Waals surface area (Å²) in [6, 6.07) is 0. The van der Waals surface area contributed by atoms with Crippen LogP contribution in [0.25, 0.3) is 0 Å². The molecule has 0 aliphatic carbocycles. The van der Waals surface area contributed by atoms with E-state index in [1.807, 2.05) is 0 Å². The van der Waals surface area contributed by atoms with Crippen LogP contribution in [-0.4, -0.2) is 37.2 Å². The summed E-state index contributed by atoms with van der Waals surface area (Å²) in [6.07, 6.45) is 97.6. The average molecular weight is 1140 g/mol. The Morgan fingerprint density at radius 1 is 0.256 bits per heavy atom. The van der Waals surface area contributed by atoms with Gasteiger partial charge in [0.15, 0.2) is 6.10 Å². The van der Waals surface area contributed by atoms with Crippen LogP contribution < -0.4 is 0 Å². The first-order valence-corrected chi connectivity index (χ1v) is 34.2. The van der Waals surface area contributed by atoms with E-state index < -0.39 is 6.10 Å². The SMILES string of the molecule is CC/C=C\C/C=C\C/C=C\C/C=C\C/C=C\C/C=C\C/C=C\C/C=C\CCCCCCCCCCCCC(=O)OCC(COC(=O)CCCCC/C=C\C/C=C\C/C=C\CC)OC(=O)CCCCCCCCCCCCCCCCCC. The van der Waals surface area contributed by atoms with Crippen LogP contribution in [0.15, 0.2) is 134 Å². The fourth-order valence-electron chi connectivity index (χ4n) is 9.36. The van der Waals surface area contributed by atoms with Gasteiger partial charge in [-0.05, 0) is 116 Å². The van der Waals surface area contributed by atoms with Gasteiger partial charge < -0.3 is 14.2 Å². The summed E-state index contributed by atoms with van der Waals surface area (Å²) in [7, 11) is 0. The van der Waals surface area contributed by atoms with Crippen molar-refractivity contribution in [3.8, 4) is 0 Å². The normalized spacial score (nSPS) is 13.0. The smallest absolute Gasteiger partial charge is 0.306 e. The Labute approximate surface area is 506 Å². The van der Waals surface area contributed by atoms with Gasteiger partial charge in [-0.1, -0.05) is 309 Å². The van der Waals surface area contributed by atoms with Gasteiger partial charge in [-0.2, -0.15) is 0 Å². The first-order chi connectivity index (χ1) is 40.5. The minimum atomic E-state index is -0.794. The van der Waals surface area contributed by atoms with Crippen LogP contribution in [0.5, 0.6) is 0 Å². The highest BCUT2D eigenvalue weighted by Crippen LogP contribution is 2.16. The largest absolute Gasteiger partial charge is 0.462 e. The van der Waals surface area contributed by atoms with Gasteiger partial charge in [-0.15, -0.1) is 0 Å². The van der Waals surface area contributed by atoms with Crippen molar-refractivity contribution in [3.63, 3.8) is 0 Å². The number of hydrogen-bond donors (Lipinski definition) is 0. The van der Waals surface area contributed by atoms with E-state index in [2.05, 4.69) is 154 Å². The van der Waals surface area contributed by atoms with Crippen molar-refractivity contribution < 1.29 is 28.6 Å². The van der Waals surface area contributed by atoms with Gasteiger partial charge in [0.2, 0.25) is 0 Å². The highest BCUT2D eigenvalue weighted by molar-refractivity contribution is 5.71. The molecule has 82 heavy (non-hydrogen) atoms. The first kappa shape index (κ1) is 77.5. The summed E-state index contributed by atoms with van der Waals surface area (Å²) < 4.78 is 16.9. The number of hydrogen-bond acceptors (Lipinski definition) is 6. The van der Waals surface area contributed by atoms with Crippen LogP contribution >= 0.6 is 0 Å². The summed E-state index contributed by atoms with van der Waals surface area (Å²) >= 11 is 0. The van der Waals surface area contributed by atoms with Gasteiger partial charge in [0.05, 0.1) is 0 Å². The molecule has 0 amide bonds. The van der Waals surface area contributed by atoms with E-state index in [1.165, 1.54) is 128 Å². The zero-order valence-corrected chi connectivity index (χ0v) is 53.5. The van der Waals surface area contributed by atoms with Crippen LogP contribution in [-0.2, 0) is 28.6 Å². The lowest BCUT2D eigenvalue weighted by molar-refractivity contribution is -0.167. The highest BCUT2D eigenvalue weighted by Gasteiger charge is 2.19. The predicted molar refractivity (Wildman–Crippen MR) is 357 cm³/mol. The van der Waals surface area contributed by atoms with Gasteiger partial charge in [-0.25, -0.2) is 0 Å². The Morgan fingerprint density at radius 3 is 0.756 bits per heavy atom. The van der Waals surface area contributed by atoms with Crippen molar-refractivity contribution in [2.75, 3.05) is 13.2 Å². The van der Waals surface area contributed by atoms with Crippen molar-refractivity contribution in [2.45, 2.75) is 316 Å². The molecule has 0 bridgehead atoms. The van der Waals surface area contributed by atoms with Gasteiger partial charge >= 0.3 is 17.9 Å². The molecular formula is C76H126O6. The number of carbonyl (C=O) groups is 3. The van der Waals surface area contributed by atoms with Crippen molar-refractivity contribution in [1.82, 2.24) is 0 Å². The molecule has 0 aromatic rings. The molecule has 0 aliphatic heterocycles. The molecule has 0 aromatic heterocycles. The Bertz CT molecular complexity index is 1730. The lowest BCUT2D eigenvalue weighted by atomic mass is 10.0. The predicted octanol–water partition coefficient (Wildman–Crippen LogP) is 23.7. The molecule has 1 atom stereocenters. The Kier molecular flexibility index (Phi) is 65.3. The maximum Gasteiger partial charge on any atom is 0.306 e. The Morgan fingerprint density at radius 2 is 0.476 bits per heavy atom. The molecular weight excluding hydrogens is 1010 g/mol. The standard InChI is InChI=1S/C76H126O6/c1-4-7-10-13-16-19-22-25-27-29-30-31-32-33-34-35-36-37-38-39-40-41-42-43-44-45-46-47-49-51-54-57-60-63-66-69-75(78)81-72-73(71-80-74(77)68-65-62-59-56-53-50-24-21-18-15-12-9-6-3)82-76(79)70-67-64-61-58-55-52-48-28-26-23-20-17-14-11-8-5-2/h7,9-10,12,16,18-19,21,25,27,30-31,33-34,36-37,39-40,42-43,50,53,73H,4-6,8,11,13-15,17,20,22-24,26,28-29,32,35,38,41,44-49,51-52,54-72H2,1-3H3/b10-7-,12-9-,19-16-,21-18-,27-25-,31-30-,34-33-,37-36-,40-39-,43-42-,53-50-. The first-order valence-electron chi connectivity index (χ1n) is 34.2. The molecule has 0 radical (unpaired) electrons. The van der Waals surface area contributed by atoms with Crippen LogP contribution in [0.2, 0.25) is 0 Å². The molecule has 0 fully saturated rings. The minimum Gasteiger partial charge on any atom is -0.462 e. The van der Waals surface area contributed by atoms with E-state index in [9.17, 15) is 14.4 Å². The van der Waals surface area contributed by atoms with Crippen LogP contribution in [0.1, 0.15) is 310 Å². The Hall–Kier alpha value is -4.45. The van der Waals surface area contributed by atoms with Crippen molar-refractivity contribution >= 4 is 17.9 Å². The molecule has 6 heteroatoms. The van der Waals surface area contributed by atoms with E-state index in [4.69, 9.17) is 14.2 Å². The monoisotopic (exact) mass is 1130 g/mol. The third-order valence-corrected chi connectivity index (χ3v) is 14.4. The molecule has 6 nitrogen and oxygen atoms in total. The molecule has 0 aliphatic rings. The van der Waals surface area contributed by atoms with Crippen LogP contribution in [0.4, 0.5) is 0 Å². The molecule has 0 heterocycles. The quantitative estimate of drug-likeness (QED) is 0.0261. The third-order valence-electron chi connectivity index (χ3n) is 14.4. The molecule has 0 saturated heterocycles. The number of rotatable bonds is 61. The molecule has 1 unspecified atom stereocenters. The van der Waals surface area contributed by atoms with Crippen molar-refractivity contribution in [1.29, 1.82) is 0 Å². The van der Waals surface area contributed by atoms with Gasteiger partial charge in [0, 0.05) is 19.3 Å². The lowest BCUT2D eigenvalue weighted by Gasteiger charge is -2.18. The fraction of sp³-hybridized carbons (Fsp3) is 0.671. The Balaban J connectivity index is 4.24. The minimum absolute atomic E-state index is 0.0896. The van der Waals surface area contributed by atoms with Gasteiger partial charge in [0.25, 0.3) is 0 Å². The zero-order valence-electron chi connectivity index (χ0n) is 53.5. The molecule has 0 spiro atoms. The van der Waals surface area contributed by atoms with E-state index >= 15 is 0 Å². The maximum absolute atomic E-state index is 12.9. The average Bonchev–Trinajstić information content (AvgIpc) is 3.47. The van der Waals surface area contributed by atoms with Crippen molar-refractivity contribution in [3.05, 3.63) is 134 Å². The van der Waals surface area contributed by atoms with Gasteiger partial charge in [-0.3, -0.25) is 14.4 Å². The molecule has 0 rings (SSSR count). The van der Waals surface area contributed by atoms with E-state index in [-0.39, 0.29) is 31.1 Å². The number of ether oxygens (including phenoxy) is 3. The van der Waals surface area contributed by atoms with E-state index in [1.54, 1.807) is 0 Å². The number of carbonyl (C=O) groups excluding carboxylic acids is 3. The number of unbranched alkanes of at least 4 members (excludes halogenated alkanes) is 28. The van der Waals surface area contributed by atoms with Crippen LogP contribution in [0.3, 0.4) is 0 Å². The number of allylic oxidation sites excluding steroid dienone is 22. The topological polar surface area (TPSA) is 78.9 Å². The summed E-state index contributed by atoms with van der Waals surface area (Å²) in [5.74, 6) is -0.915. The summed E-state index contributed by atoms with van der Waals surface area (Å²) in [6.45, 7) is 6.40. The van der Waals surface area contributed by atoms with Crippen molar-refractivity contribution in [2.24, 2.45) is 0 Å². The zero-order chi connectivity index (χ0) is 59.2. The molecule has 0 N–H and O–H groups in total. The maximum atomic E-state index is 12.9. The number of esters is 3. The fourth-order valence-corrected chi connectivity index (χ4v) is 9.36. The second-order valence-corrected chi connectivity index (χ2v) is 22.3. The second kappa shape index (κ2) is 69.0. The second-order valence-electron chi connectivity index (χ2n) is 22.3. The highest BCUT2D eigenvalue weighted by atomic mass is 16.6. The lowest BCUT2D eigenvalue weighted by Crippen LogP contribution is -2.30. The molecule has 0 aromatic carbocycles. The van der Waals surface area contributed by atoms with Crippen LogP contribution in [0, 0.1) is 0 Å². The summed E-state index contributed by atoms with van der Waals surface area (Å²) in [5, 5.41) is 0.